The Morgan fingerprint density at radius 3 is 1.18 bits per heavy atom. The highest BCUT2D eigenvalue weighted by Gasteiger charge is 2.12. The van der Waals surface area contributed by atoms with Crippen molar-refractivity contribution in [1.82, 2.24) is 0 Å². The Morgan fingerprint density at radius 1 is 0.444 bits per heavy atom. The van der Waals surface area contributed by atoms with Crippen LogP contribution in [0.4, 0.5) is 28.4 Å². The first-order valence-electron chi connectivity index (χ1n) is 14.7. The van der Waals surface area contributed by atoms with Crippen LogP contribution in [0, 0.1) is 31.3 Å². The van der Waals surface area contributed by atoms with Gasteiger partial charge in [-0.2, -0.15) is 0 Å². The minimum absolute atomic E-state index is 1.08. The number of benzene rings is 6. The highest BCUT2D eigenvalue weighted by atomic mass is 127. The zero-order valence-electron chi connectivity index (χ0n) is 25.9. The van der Waals surface area contributed by atoms with E-state index in [1.54, 1.807) is 0 Å². The van der Waals surface area contributed by atoms with E-state index in [1.807, 2.05) is 18.2 Å². The summed E-state index contributed by atoms with van der Waals surface area (Å²) in [5.74, 6) is 0. The lowest BCUT2D eigenvalue weighted by molar-refractivity contribution is 1.26. The zero-order valence-corrected chi connectivity index (χ0v) is 31.3. The molecule has 0 aliphatic heterocycles. The number of nitrogens with one attached hydrogen (secondary N) is 1. The van der Waals surface area contributed by atoms with Crippen molar-refractivity contribution in [3.05, 3.63) is 180 Å². The van der Waals surface area contributed by atoms with Gasteiger partial charge in [0.25, 0.3) is 0 Å². The molecule has 0 unspecified atom stereocenters. The lowest BCUT2D eigenvalue weighted by Crippen LogP contribution is -2.09. The second-order valence-corrected chi connectivity index (χ2v) is 13.9. The van der Waals surface area contributed by atoms with Crippen molar-refractivity contribution >= 4 is 82.9 Å². The molecule has 0 spiro atoms. The third kappa shape index (κ3) is 11.5. The summed E-state index contributed by atoms with van der Waals surface area (Å²) in [7, 11) is 0. The fourth-order valence-electron chi connectivity index (χ4n) is 4.35. The second kappa shape index (κ2) is 17.3. The maximum atomic E-state index is 3.57. The van der Waals surface area contributed by atoms with Crippen molar-refractivity contribution in [3.63, 3.8) is 0 Å². The minimum atomic E-state index is 1.08. The van der Waals surface area contributed by atoms with E-state index in [2.05, 4.69) is 220 Å². The Hall–Kier alpha value is -3.39. The first kappa shape index (κ1) is 34.5. The van der Waals surface area contributed by atoms with E-state index in [0.29, 0.717) is 0 Å². The Balaban J connectivity index is 0.000000172. The highest BCUT2D eigenvalue weighted by molar-refractivity contribution is 14.1. The molecule has 0 radical (unpaired) electrons. The predicted molar refractivity (Wildman–Crippen MR) is 211 cm³/mol. The van der Waals surface area contributed by atoms with E-state index in [4.69, 9.17) is 0 Å². The lowest BCUT2D eigenvalue weighted by atomic mass is 10.1. The van der Waals surface area contributed by atoms with Gasteiger partial charge in [0.2, 0.25) is 0 Å². The number of hydrogen-bond acceptors (Lipinski definition) is 2. The molecule has 0 heterocycles. The number of rotatable bonds is 5. The molecule has 0 aliphatic carbocycles. The molecule has 0 amide bonds. The number of aryl methyl sites for hydroxylation is 4. The van der Waals surface area contributed by atoms with Gasteiger partial charge in [-0.3, -0.25) is 0 Å². The van der Waals surface area contributed by atoms with Crippen molar-refractivity contribution in [3.8, 4) is 0 Å². The third-order valence-corrected chi connectivity index (χ3v) is 8.49. The van der Waals surface area contributed by atoms with E-state index >= 15 is 0 Å². The number of hydrogen-bond donors (Lipinski definition) is 1. The van der Waals surface area contributed by atoms with Crippen LogP contribution in [0.15, 0.2) is 155 Å². The van der Waals surface area contributed by atoms with Gasteiger partial charge < -0.3 is 10.2 Å². The molecular weight excluding hydrogens is 795 g/mol. The van der Waals surface area contributed by atoms with Crippen molar-refractivity contribution < 1.29 is 0 Å². The molecular formula is C40H37Br2IN2. The van der Waals surface area contributed by atoms with Gasteiger partial charge in [-0.1, -0.05) is 115 Å². The Kier molecular flexibility index (Phi) is 13.3. The molecule has 0 aromatic heterocycles. The molecule has 0 bridgehead atoms. The van der Waals surface area contributed by atoms with E-state index in [0.717, 1.165) is 37.4 Å². The van der Waals surface area contributed by atoms with E-state index in [-0.39, 0.29) is 0 Å². The van der Waals surface area contributed by atoms with Crippen molar-refractivity contribution in [2.75, 3.05) is 10.2 Å². The van der Waals surface area contributed by atoms with Crippen molar-refractivity contribution in [2.45, 2.75) is 27.7 Å². The van der Waals surface area contributed by atoms with Gasteiger partial charge in [0.15, 0.2) is 0 Å². The van der Waals surface area contributed by atoms with Crippen molar-refractivity contribution in [2.24, 2.45) is 0 Å². The van der Waals surface area contributed by atoms with E-state index < -0.39 is 0 Å². The normalized spacial score (nSPS) is 10.1. The molecule has 0 fully saturated rings. The summed E-state index contributed by atoms with van der Waals surface area (Å²) in [6.45, 7) is 8.41. The first-order valence-corrected chi connectivity index (χ1v) is 17.3. The molecule has 6 aromatic carbocycles. The van der Waals surface area contributed by atoms with Gasteiger partial charge >= 0.3 is 0 Å². The molecule has 45 heavy (non-hydrogen) atoms. The number of nitrogens with zero attached hydrogens (tertiary/aromatic N) is 1. The summed E-state index contributed by atoms with van der Waals surface area (Å²) in [6, 6.07) is 50.6. The molecule has 2 nitrogen and oxygen atoms in total. The fourth-order valence-corrected chi connectivity index (χ4v) is 6.11. The summed E-state index contributed by atoms with van der Waals surface area (Å²) < 4.78 is 3.48. The molecule has 6 rings (SSSR count). The summed E-state index contributed by atoms with van der Waals surface area (Å²) in [4.78, 5) is 2.27. The molecule has 5 heteroatoms. The average molecular weight is 832 g/mol. The molecule has 1 N–H and O–H groups in total. The van der Waals surface area contributed by atoms with Crippen LogP contribution >= 0.6 is 54.5 Å². The first-order chi connectivity index (χ1) is 21.7. The van der Waals surface area contributed by atoms with Crippen LogP contribution < -0.4 is 10.2 Å². The Morgan fingerprint density at radius 2 is 0.822 bits per heavy atom. The van der Waals surface area contributed by atoms with Gasteiger partial charge in [-0.15, -0.1) is 0 Å². The van der Waals surface area contributed by atoms with Gasteiger partial charge in [0, 0.05) is 41.0 Å². The number of halogens is 3. The van der Waals surface area contributed by atoms with Crippen LogP contribution in [-0.2, 0) is 0 Å². The lowest BCUT2D eigenvalue weighted by Gasteiger charge is -2.25. The van der Waals surface area contributed by atoms with Gasteiger partial charge in [-0.05, 0) is 135 Å². The maximum absolute atomic E-state index is 3.57. The van der Waals surface area contributed by atoms with Crippen LogP contribution in [0.2, 0.25) is 0 Å². The Bertz CT molecular complexity index is 1660. The quantitative estimate of drug-likeness (QED) is 0.174. The standard InChI is InChI=1S/C20H18BrN.C14H15N.C6H4BrI/c1-15-6-10-18(11-7-15)22(19-12-8-16(2)9-13-19)20-5-3-4-17(21)14-20;1-11-3-7-13(8-4-11)15-14-9-5-12(2)6-10-14;7-5-2-1-3-6(8)4-5/h3-14H,1-2H3;3-10,15H,1-2H3;1-4H. The van der Waals surface area contributed by atoms with Gasteiger partial charge in [-0.25, -0.2) is 0 Å². The topological polar surface area (TPSA) is 15.3 Å². The Labute approximate surface area is 298 Å². The summed E-state index contributed by atoms with van der Waals surface area (Å²) >= 11 is 9.20. The predicted octanol–water partition coefficient (Wildman–Crippen LogP) is 13.6. The molecule has 0 aliphatic rings. The second-order valence-electron chi connectivity index (χ2n) is 10.8. The largest absolute Gasteiger partial charge is 0.356 e. The maximum Gasteiger partial charge on any atom is 0.0472 e. The summed E-state index contributed by atoms with van der Waals surface area (Å²) in [5, 5.41) is 3.36. The molecule has 0 atom stereocenters. The molecule has 6 aromatic rings. The third-order valence-electron chi connectivity index (χ3n) is 6.83. The van der Waals surface area contributed by atoms with Gasteiger partial charge in [0.05, 0.1) is 0 Å². The van der Waals surface area contributed by atoms with Crippen LogP contribution in [0.3, 0.4) is 0 Å². The monoisotopic (exact) mass is 830 g/mol. The van der Waals surface area contributed by atoms with E-state index in [1.165, 1.54) is 25.8 Å². The average Bonchev–Trinajstić information content (AvgIpc) is 3.02. The number of anilines is 5. The van der Waals surface area contributed by atoms with Gasteiger partial charge in [0.1, 0.15) is 0 Å². The minimum Gasteiger partial charge on any atom is -0.356 e. The molecule has 0 saturated heterocycles. The van der Waals surface area contributed by atoms with Crippen molar-refractivity contribution in [1.29, 1.82) is 0 Å². The summed E-state index contributed by atoms with van der Waals surface area (Å²) in [5.41, 5.74) is 10.8. The zero-order chi connectivity index (χ0) is 32.2. The SMILES string of the molecule is Brc1cccc(I)c1.Cc1ccc(N(c2ccc(C)cc2)c2cccc(Br)c2)cc1.Cc1ccc(Nc2ccc(C)cc2)cc1. The molecule has 228 valence electrons. The smallest absolute Gasteiger partial charge is 0.0472 e. The van der Waals surface area contributed by atoms with Crippen LogP contribution in [0.25, 0.3) is 0 Å². The highest BCUT2D eigenvalue weighted by Crippen LogP contribution is 2.35. The van der Waals surface area contributed by atoms with E-state index in [9.17, 15) is 0 Å². The van der Waals surface area contributed by atoms with Crippen LogP contribution in [0.5, 0.6) is 0 Å². The molecule has 0 saturated carbocycles. The summed E-state index contributed by atoms with van der Waals surface area (Å²) in [6.07, 6.45) is 0. The van der Waals surface area contributed by atoms with Crippen LogP contribution in [-0.4, -0.2) is 0 Å². The fraction of sp³-hybridized carbons (Fsp3) is 0.100. The van der Waals surface area contributed by atoms with Crippen LogP contribution in [0.1, 0.15) is 22.3 Å².